The lowest BCUT2D eigenvalue weighted by molar-refractivity contribution is -0.153. The summed E-state index contributed by atoms with van der Waals surface area (Å²) >= 11 is 0. The molecule has 1 aromatic carbocycles. The molecule has 2 aliphatic rings. The van der Waals surface area contributed by atoms with Gasteiger partial charge in [0.05, 0.1) is 5.69 Å². The SMILES string of the molecule is C[C@H](Nc1cc(F)ccc1F)C(=O)N1CCC(F)(F)C[C@H]1C(=O)N[C@@H](C[C@@H]1CCCNC1=O)C(N)=O. The molecule has 3 rings (SSSR count). The van der Waals surface area contributed by atoms with Crippen molar-refractivity contribution in [2.75, 3.05) is 18.4 Å². The van der Waals surface area contributed by atoms with Gasteiger partial charge in [-0.15, -0.1) is 0 Å². The number of alkyl halides is 2. The molecule has 0 aromatic heterocycles. The number of primary amides is 1. The molecule has 4 atom stereocenters. The molecule has 0 spiro atoms. The number of nitrogens with two attached hydrogens (primary N) is 1. The van der Waals surface area contributed by atoms with E-state index >= 15 is 0 Å². The van der Waals surface area contributed by atoms with Crippen molar-refractivity contribution in [3.63, 3.8) is 0 Å². The van der Waals surface area contributed by atoms with E-state index in [9.17, 15) is 36.7 Å². The zero-order valence-corrected chi connectivity index (χ0v) is 19.7. The number of likely N-dealkylation sites (tertiary alicyclic amines) is 1. The lowest BCUT2D eigenvalue weighted by Gasteiger charge is -2.40. The molecule has 13 heteroatoms. The van der Waals surface area contributed by atoms with Crippen molar-refractivity contribution in [2.45, 2.75) is 63.1 Å². The van der Waals surface area contributed by atoms with E-state index in [1.54, 1.807) is 0 Å². The summed E-state index contributed by atoms with van der Waals surface area (Å²) in [5, 5.41) is 7.49. The number of hydrogen-bond acceptors (Lipinski definition) is 5. The quantitative estimate of drug-likeness (QED) is 0.387. The third-order valence-corrected chi connectivity index (χ3v) is 6.42. The average molecular weight is 516 g/mol. The molecule has 4 amide bonds. The van der Waals surface area contributed by atoms with Gasteiger partial charge in [-0.1, -0.05) is 0 Å². The van der Waals surface area contributed by atoms with Crippen molar-refractivity contribution >= 4 is 29.3 Å². The zero-order valence-electron chi connectivity index (χ0n) is 19.7. The van der Waals surface area contributed by atoms with Crippen molar-refractivity contribution in [1.29, 1.82) is 0 Å². The highest BCUT2D eigenvalue weighted by molar-refractivity contribution is 5.94. The van der Waals surface area contributed by atoms with Crippen LogP contribution in [0, 0.1) is 17.6 Å². The topological polar surface area (TPSA) is 134 Å². The van der Waals surface area contributed by atoms with Gasteiger partial charge in [0.2, 0.25) is 23.6 Å². The van der Waals surface area contributed by atoms with Gasteiger partial charge in [-0.3, -0.25) is 19.2 Å². The summed E-state index contributed by atoms with van der Waals surface area (Å²) in [5.74, 6) is -8.48. The van der Waals surface area contributed by atoms with Crippen LogP contribution in [-0.4, -0.2) is 65.7 Å². The van der Waals surface area contributed by atoms with E-state index < -0.39 is 78.7 Å². The summed E-state index contributed by atoms with van der Waals surface area (Å²) in [5.41, 5.74) is 5.09. The minimum atomic E-state index is -3.25. The van der Waals surface area contributed by atoms with Crippen LogP contribution in [0.2, 0.25) is 0 Å². The van der Waals surface area contributed by atoms with Gasteiger partial charge in [0.25, 0.3) is 5.92 Å². The van der Waals surface area contributed by atoms with Crippen molar-refractivity contribution in [1.82, 2.24) is 15.5 Å². The minimum Gasteiger partial charge on any atom is -0.371 e. The van der Waals surface area contributed by atoms with Crippen LogP contribution in [0.1, 0.15) is 39.0 Å². The molecule has 9 nitrogen and oxygen atoms in total. The number of carbonyl (C=O) groups is 4. The second-order valence-corrected chi connectivity index (χ2v) is 9.18. The van der Waals surface area contributed by atoms with E-state index in [0.717, 1.165) is 23.1 Å². The Bertz CT molecular complexity index is 1020. The first kappa shape index (κ1) is 27.2. The van der Waals surface area contributed by atoms with Crippen LogP contribution in [0.5, 0.6) is 0 Å². The van der Waals surface area contributed by atoms with Crippen LogP contribution in [0.15, 0.2) is 18.2 Å². The average Bonchev–Trinajstić information content (AvgIpc) is 2.81. The summed E-state index contributed by atoms with van der Waals surface area (Å²) in [7, 11) is 0. The van der Waals surface area contributed by atoms with E-state index in [2.05, 4.69) is 16.0 Å². The Morgan fingerprint density at radius 3 is 2.67 bits per heavy atom. The molecule has 0 bridgehead atoms. The molecule has 36 heavy (non-hydrogen) atoms. The highest BCUT2D eigenvalue weighted by Crippen LogP contribution is 2.33. The Morgan fingerprint density at radius 1 is 1.28 bits per heavy atom. The molecule has 5 N–H and O–H groups in total. The predicted octanol–water partition coefficient (Wildman–Crippen LogP) is 1.28. The molecule has 0 saturated carbocycles. The number of nitrogens with zero attached hydrogens (tertiary/aromatic N) is 1. The Hall–Kier alpha value is -3.38. The Labute approximate surface area is 205 Å². The number of rotatable bonds is 8. The highest BCUT2D eigenvalue weighted by atomic mass is 19.3. The number of benzene rings is 1. The maximum absolute atomic E-state index is 14.2. The zero-order chi connectivity index (χ0) is 26.6. The number of carbonyl (C=O) groups excluding carboxylic acids is 4. The molecule has 2 fully saturated rings. The van der Waals surface area contributed by atoms with E-state index in [0.29, 0.717) is 19.4 Å². The van der Waals surface area contributed by atoms with Crippen molar-refractivity contribution in [3.05, 3.63) is 29.8 Å². The van der Waals surface area contributed by atoms with Crippen LogP contribution in [0.3, 0.4) is 0 Å². The smallest absolute Gasteiger partial charge is 0.252 e. The van der Waals surface area contributed by atoms with E-state index in [-0.39, 0.29) is 18.0 Å². The third kappa shape index (κ3) is 6.64. The number of piperidine rings is 2. The lowest BCUT2D eigenvalue weighted by atomic mass is 9.90. The first-order chi connectivity index (χ1) is 16.9. The summed E-state index contributed by atoms with van der Waals surface area (Å²) in [4.78, 5) is 51.1. The molecular formula is C23H29F4N5O4. The molecule has 0 aliphatic carbocycles. The van der Waals surface area contributed by atoms with Gasteiger partial charge in [0.15, 0.2) is 0 Å². The van der Waals surface area contributed by atoms with Crippen molar-refractivity contribution in [3.8, 4) is 0 Å². The van der Waals surface area contributed by atoms with Crippen LogP contribution >= 0.6 is 0 Å². The summed E-state index contributed by atoms with van der Waals surface area (Å²) < 4.78 is 56.0. The van der Waals surface area contributed by atoms with E-state index in [4.69, 9.17) is 5.73 Å². The van der Waals surface area contributed by atoms with Crippen LogP contribution in [0.4, 0.5) is 23.2 Å². The van der Waals surface area contributed by atoms with Crippen LogP contribution < -0.4 is 21.7 Å². The molecule has 0 unspecified atom stereocenters. The monoisotopic (exact) mass is 515 g/mol. The number of amides is 4. The Kier molecular flexibility index (Phi) is 8.41. The van der Waals surface area contributed by atoms with E-state index in [1.807, 2.05) is 0 Å². The van der Waals surface area contributed by atoms with Crippen LogP contribution in [-0.2, 0) is 19.2 Å². The number of halogens is 4. The number of anilines is 1. The second-order valence-electron chi connectivity index (χ2n) is 9.18. The highest BCUT2D eigenvalue weighted by Gasteiger charge is 2.46. The molecular weight excluding hydrogens is 486 g/mol. The third-order valence-electron chi connectivity index (χ3n) is 6.42. The number of hydrogen-bond donors (Lipinski definition) is 4. The first-order valence-electron chi connectivity index (χ1n) is 11.7. The van der Waals surface area contributed by atoms with Crippen molar-refractivity contribution in [2.24, 2.45) is 11.7 Å². The minimum absolute atomic E-state index is 0.110. The molecule has 2 heterocycles. The molecule has 2 aliphatic heterocycles. The Balaban J connectivity index is 1.75. The molecule has 0 radical (unpaired) electrons. The molecule has 1 aromatic rings. The lowest BCUT2D eigenvalue weighted by Crippen LogP contribution is -2.61. The normalized spacial score (nSPS) is 23.2. The fraction of sp³-hybridized carbons (Fsp3) is 0.565. The number of nitrogens with one attached hydrogen (secondary N) is 3. The fourth-order valence-electron chi connectivity index (χ4n) is 4.44. The maximum atomic E-state index is 14.2. The summed E-state index contributed by atoms with van der Waals surface area (Å²) in [6.07, 6.45) is -0.673. The molecule has 198 valence electrons. The van der Waals surface area contributed by atoms with E-state index in [1.165, 1.54) is 6.92 Å². The van der Waals surface area contributed by atoms with Gasteiger partial charge in [-0.25, -0.2) is 17.6 Å². The fourth-order valence-corrected chi connectivity index (χ4v) is 4.44. The maximum Gasteiger partial charge on any atom is 0.252 e. The predicted molar refractivity (Wildman–Crippen MR) is 121 cm³/mol. The van der Waals surface area contributed by atoms with Gasteiger partial charge in [-0.2, -0.15) is 0 Å². The molecule has 2 saturated heterocycles. The standard InChI is InChI=1S/C23H29F4N5O4/c1-12(30-16-10-14(24)4-5-15(16)25)22(36)32-8-6-23(26,27)11-18(32)21(35)31-17(19(28)33)9-13-3-2-7-29-20(13)34/h4-5,10,12-13,17-18,30H,2-3,6-9,11H2,1H3,(H2,28,33)(H,29,34)(H,31,35)/t12-,13-,17-,18-/m0/s1. The van der Waals surface area contributed by atoms with Gasteiger partial charge >= 0.3 is 0 Å². The summed E-state index contributed by atoms with van der Waals surface area (Å²) in [6.45, 7) is 1.33. The van der Waals surface area contributed by atoms with Gasteiger partial charge < -0.3 is 26.6 Å². The van der Waals surface area contributed by atoms with Crippen LogP contribution in [0.25, 0.3) is 0 Å². The van der Waals surface area contributed by atoms with Crippen molar-refractivity contribution < 1.29 is 36.7 Å². The summed E-state index contributed by atoms with van der Waals surface area (Å²) in [6, 6.07) is -1.55. The van der Waals surface area contributed by atoms with Gasteiger partial charge in [0.1, 0.15) is 29.8 Å². The Morgan fingerprint density at radius 2 is 2.00 bits per heavy atom. The first-order valence-corrected chi connectivity index (χ1v) is 11.7. The van der Waals surface area contributed by atoms with Gasteiger partial charge in [0, 0.05) is 31.8 Å². The largest absolute Gasteiger partial charge is 0.371 e. The second kappa shape index (κ2) is 11.1. The van der Waals surface area contributed by atoms with Gasteiger partial charge in [-0.05, 0) is 44.4 Å².